The minimum Gasteiger partial charge on any atom is -0.341 e. The molecule has 0 aromatic heterocycles. The van der Waals surface area contributed by atoms with Crippen molar-refractivity contribution in [3.63, 3.8) is 0 Å². The highest BCUT2D eigenvalue weighted by atomic mass is 16.2. The minimum absolute atomic E-state index is 0.111. The Morgan fingerprint density at radius 2 is 1.76 bits per heavy atom. The first-order valence-corrected chi connectivity index (χ1v) is 8.18. The molecule has 3 heteroatoms. The van der Waals surface area contributed by atoms with Gasteiger partial charge in [-0.1, -0.05) is 57.0 Å². The monoisotopic (exact) mass is 288 g/mol. The second kappa shape index (κ2) is 7.08. The summed E-state index contributed by atoms with van der Waals surface area (Å²) in [4.78, 5) is 14.5. The highest BCUT2D eigenvalue weighted by Gasteiger charge is 2.34. The Balaban J connectivity index is 1.89. The second-order valence-electron chi connectivity index (χ2n) is 6.33. The van der Waals surface area contributed by atoms with Crippen LogP contribution in [0.25, 0.3) is 0 Å². The molecule has 1 fully saturated rings. The van der Waals surface area contributed by atoms with Crippen molar-refractivity contribution in [2.45, 2.75) is 52.0 Å². The highest BCUT2D eigenvalue weighted by Crippen LogP contribution is 2.37. The van der Waals surface area contributed by atoms with E-state index in [9.17, 15) is 4.79 Å². The zero-order valence-electron chi connectivity index (χ0n) is 13.3. The second-order valence-corrected chi connectivity index (χ2v) is 6.33. The van der Waals surface area contributed by atoms with E-state index in [0.29, 0.717) is 11.8 Å². The number of carbonyl (C=O) groups is 1. The zero-order chi connectivity index (χ0) is 15.3. The molecule has 0 saturated carbocycles. The van der Waals surface area contributed by atoms with Gasteiger partial charge in [0, 0.05) is 13.1 Å². The third-order valence-electron chi connectivity index (χ3n) is 5.25. The van der Waals surface area contributed by atoms with Gasteiger partial charge < -0.3 is 10.6 Å². The molecule has 0 radical (unpaired) electrons. The Morgan fingerprint density at radius 3 is 2.29 bits per heavy atom. The zero-order valence-corrected chi connectivity index (χ0v) is 13.3. The van der Waals surface area contributed by atoms with E-state index in [0.717, 1.165) is 31.5 Å². The number of hydrogen-bond donors (Lipinski definition) is 1. The van der Waals surface area contributed by atoms with Crippen molar-refractivity contribution >= 4 is 5.91 Å². The Bertz CT molecular complexity index is 444. The molecule has 1 saturated heterocycles. The van der Waals surface area contributed by atoms with E-state index in [2.05, 4.69) is 13.8 Å². The van der Waals surface area contributed by atoms with Crippen LogP contribution in [0.4, 0.5) is 0 Å². The predicted molar refractivity (Wildman–Crippen MR) is 87.0 cm³/mol. The van der Waals surface area contributed by atoms with Crippen molar-refractivity contribution in [2.75, 3.05) is 13.1 Å². The van der Waals surface area contributed by atoms with Crippen LogP contribution in [0.5, 0.6) is 0 Å². The van der Waals surface area contributed by atoms with Gasteiger partial charge in [-0.25, -0.2) is 0 Å². The van der Waals surface area contributed by atoms with Crippen molar-refractivity contribution in [1.29, 1.82) is 0 Å². The van der Waals surface area contributed by atoms with Crippen LogP contribution >= 0.6 is 0 Å². The van der Waals surface area contributed by atoms with Crippen LogP contribution in [0.15, 0.2) is 30.3 Å². The van der Waals surface area contributed by atoms with Crippen LogP contribution in [-0.2, 0) is 11.2 Å². The SMILES string of the molecule is CCC1(CC)CCN(C(=O)[C@H](N)Cc2ccccc2)CC1. The van der Waals surface area contributed by atoms with Gasteiger partial charge in [-0.2, -0.15) is 0 Å². The number of piperidine rings is 1. The Labute approximate surface area is 128 Å². The number of likely N-dealkylation sites (tertiary alicyclic amines) is 1. The van der Waals surface area contributed by atoms with Gasteiger partial charge in [0.1, 0.15) is 0 Å². The number of nitrogens with zero attached hydrogens (tertiary/aromatic N) is 1. The number of amides is 1. The molecular formula is C18H28N2O. The maximum absolute atomic E-state index is 12.5. The number of hydrogen-bond acceptors (Lipinski definition) is 2. The fourth-order valence-electron chi connectivity index (χ4n) is 3.35. The van der Waals surface area contributed by atoms with Crippen LogP contribution in [0.2, 0.25) is 0 Å². The molecule has 0 bridgehead atoms. The van der Waals surface area contributed by atoms with Gasteiger partial charge in [0.15, 0.2) is 0 Å². The summed E-state index contributed by atoms with van der Waals surface area (Å²) in [5.41, 5.74) is 7.70. The maximum atomic E-state index is 12.5. The molecule has 1 aliphatic heterocycles. The molecule has 1 aromatic rings. The lowest BCUT2D eigenvalue weighted by Gasteiger charge is -2.41. The van der Waals surface area contributed by atoms with Crippen molar-refractivity contribution in [3.05, 3.63) is 35.9 Å². The molecule has 2 N–H and O–H groups in total. The molecule has 1 aromatic carbocycles. The summed E-state index contributed by atoms with van der Waals surface area (Å²) in [6.07, 6.45) is 5.28. The molecule has 1 heterocycles. The first-order chi connectivity index (χ1) is 10.1. The Morgan fingerprint density at radius 1 is 1.19 bits per heavy atom. The first kappa shape index (κ1) is 16.0. The number of benzene rings is 1. The number of carbonyl (C=O) groups excluding carboxylic acids is 1. The number of nitrogens with two attached hydrogens (primary N) is 1. The summed E-state index contributed by atoms with van der Waals surface area (Å²) >= 11 is 0. The molecule has 1 atom stereocenters. The van der Waals surface area contributed by atoms with Crippen LogP contribution in [-0.4, -0.2) is 29.9 Å². The maximum Gasteiger partial charge on any atom is 0.239 e. The van der Waals surface area contributed by atoms with Crippen molar-refractivity contribution in [1.82, 2.24) is 4.90 Å². The summed E-state index contributed by atoms with van der Waals surface area (Å²) in [6.45, 7) is 6.26. The van der Waals surface area contributed by atoms with Crippen molar-refractivity contribution in [2.24, 2.45) is 11.1 Å². The van der Waals surface area contributed by atoms with Gasteiger partial charge in [0.2, 0.25) is 5.91 Å². The van der Waals surface area contributed by atoms with Gasteiger partial charge in [-0.15, -0.1) is 0 Å². The Kier molecular flexibility index (Phi) is 5.40. The van der Waals surface area contributed by atoms with Gasteiger partial charge in [-0.05, 0) is 30.2 Å². The standard InChI is InChI=1S/C18H28N2O/c1-3-18(4-2)10-12-20(13-11-18)17(21)16(19)14-15-8-6-5-7-9-15/h5-9,16H,3-4,10-14,19H2,1-2H3/t16-/m1/s1. The molecule has 1 amide bonds. The summed E-state index contributed by atoms with van der Waals surface area (Å²) in [7, 11) is 0. The van der Waals surface area contributed by atoms with Crippen LogP contribution < -0.4 is 5.73 Å². The first-order valence-electron chi connectivity index (χ1n) is 8.18. The molecule has 2 rings (SSSR count). The van der Waals surface area contributed by atoms with Gasteiger partial charge in [0.25, 0.3) is 0 Å². The highest BCUT2D eigenvalue weighted by molar-refractivity contribution is 5.82. The summed E-state index contributed by atoms with van der Waals surface area (Å²) in [6, 6.07) is 9.61. The van der Waals surface area contributed by atoms with E-state index in [1.807, 2.05) is 35.2 Å². The molecule has 1 aliphatic rings. The van der Waals surface area contributed by atoms with Gasteiger partial charge >= 0.3 is 0 Å². The predicted octanol–water partition coefficient (Wildman–Crippen LogP) is 2.99. The molecule has 0 spiro atoms. The van der Waals surface area contributed by atoms with Gasteiger partial charge in [0.05, 0.1) is 6.04 Å². The largest absolute Gasteiger partial charge is 0.341 e. The molecule has 0 unspecified atom stereocenters. The molecule has 3 nitrogen and oxygen atoms in total. The average molecular weight is 288 g/mol. The summed E-state index contributed by atoms with van der Waals surface area (Å²) < 4.78 is 0. The average Bonchev–Trinajstić information content (AvgIpc) is 2.55. The van der Waals surface area contributed by atoms with E-state index in [-0.39, 0.29) is 5.91 Å². The van der Waals surface area contributed by atoms with E-state index in [4.69, 9.17) is 5.73 Å². The Hall–Kier alpha value is -1.35. The fourth-order valence-corrected chi connectivity index (χ4v) is 3.35. The molecular weight excluding hydrogens is 260 g/mol. The van der Waals surface area contributed by atoms with E-state index in [1.54, 1.807) is 0 Å². The lowest BCUT2D eigenvalue weighted by Crippen LogP contribution is -2.49. The van der Waals surface area contributed by atoms with Crippen LogP contribution in [0.1, 0.15) is 45.1 Å². The minimum atomic E-state index is -0.414. The molecule has 116 valence electrons. The number of rotatable bonds is 5. The van der Waals surface area contributed by atoms with Crippen LogP contribution in [0.3, 0.4) is 0 Å². The quantitative estimate of drug-likeness (QED) is 0.905. The van der Waals surface area contributed by atoms with E-state index in [1.165, 1.54) is 12.8 Å². The third-order valence-corrected chi connectivity index (χ3v) is 5.25. The van der Waals surface area contributed by atoms with E-state index >= 15 is 0 Å². The lowest BCUT2D eigenvalue weighted by atomic mass is 9.74. The fraction of sp³-hybridized carbons (Fsp3) is 0.611. The summed E-state index contributed by atoms with van der Waals surface area (Å²) in [5, 5.41) is 0. The normalized spacial score (nSPS) is 19.3. The van der Waals surface area contributed by atoms with E-state index < -0.39 is 6.04 Å². The van der Waals surface area contributed by atoms with Gasteiger partial charge in [-0.3, -0.25) is 4.79 Å². The third kappa shape index (κ3) is 3.85. The molecule has 21 heavy (non-hydrogen) atoms. The van der Waals surface area contributed by atoms with Crippen molar-refractivity contribution < 1.29 is 4.79 Å². The smallest absolute Gasteiger partial charge is 0.239 e. The van der Waals surface area contributed by atoms with Crippen molar-refractivity contribution in [3.8, 4) is 0 Å². The summed E-state index contributed by atoms with van der Waals surface area (Å²) in [5.74, 6) is 0.111. The molecule has 0 aliphatic carbocycles. The lowest BCUT2D eigenvalue weighted by molar-refractivity contribution is -0.135. The topological polar surface area (TPSA) is 46.3 Å². The van der Waals surface area contributed by atoms with Crippen LogP contribution in [0, 0.1) is 5.41 Å².